The molecule has 1 saturated heterocycles. The smallest absolute Gasteiger partial charge is 0.251 e. The van der Waals surface area contributed by atoms with Crippen molar-refractivity contribution in [2.24, 2.45) is 0 Å². The van der Waals surface area contributed by atoms with Gasteiger partial charge in [0.2, 0.25) is 5.91 Å². The third kappa shape index (κ3) is 4.47. The molecule has 120 valence electrons. The van der Waals surface area contributed by atoms with Crippen LogP contribution in [0.25, 0.3) is 0 Å². The Labute approximate surface area is 136 Å². The van der Waals surface area contributed by atoms with Gasteiger partial charge in [-0.2, -0.15) is 0 Å². The molecule has 1 aliphatic rings. The summed E-state index contributed by atoms with van der Waals surface area (Å²) in [5.74, 6) is 0.670. The molecule has 1 heterocycles. The molecule has 0 unspecified atom stereocenters. The van der Waals surface area contributed by atoms with Crippen LogP contribution in [0.2, 0.25) is 0 Å². The van der Waals surface area contributed by atoms with E-state index < -0.39 is 0 Å². The molecular formula is C17H23ClN2O2. The fraction of sp³-hybridized carbons (Fsp3) is 0.529. The van der Waals surface area contributed by atoms with Gasteiger partial charge < -0.3 is 10.2 Å². The van der Waals surface area contributed by atoms with Crippen LogP contribution >= 0.6 is 11.6 Å². The lowest BCUT2D eigenvalue weighted by Gasteiger charge is -2.32. The van der Waals surface area contributed by atoms with E-state index in [4.69, 9.17) is 11.6 Å². The quantitative estimate of drug-likeness (QED) is 0.847. The van der Waals surface area contributed by atoms with Crippen molar-refractivity contribution in [2.45, 2.75) is 38.6 Å². The Balaban J connectivity index is 1.81. The van der Waals surface area contributed by atoms with Crippen molar-refractivity contribution >= 4 is 23.4 Å². The molecule has 1 aliphatic heterocycles. The first kappa shape index (κ1) is 16.8. The predicted octanol–water partition coefficient (Wildman–Crippen LogP) is 2.73. The van der Waals surface area contributed by atoms with E-state index in [2.05, 4.69) is 5.32 Å². The van der Waals surface area contributed by atoms with Crippen LogP contribution in [-0.2, 0) is 4.79 Å². The predicted molar refractivity (Wildman–Crippen MR) is 88.2 cm³/mol. The van der Waals surface area contributed by atoms with E-state index in [1.54, 1.807) is 0 Å². The number of carbonyl (C=O) groups excluding carboxylic acids is 2. The van der Waals surface area contributed by atoms with Crippen molar-refractivity contribution in [3.8, 4) is 0 Å². The zero-order chi connectivity index (χ0) is 15.9. The highest BCUT2D eigenvalue weighted by atomic mass is 35.5. The van der Waals surface area contributed by atoms with Crippen molar-refractivity contribution in [1.82, 2.24) is 10.2 Å². The number of amides is 2. The first-order valence-electron chi connectivity index (χ1n) is 7.82. The molecule has 1 N–H and O–H groups in total. The van der Waals surface area contributed by atoms with Crippen molar-refractivity contribution in [2.75, 3.05) is 19.0 Å². The van der Waals surface area contributed by atoms with Gasteiger partial charge in [-0.3, -0.25) is 9.59 Å². The van der Waals surface area contributed by atoms with Gasteiger partial charge in [0.25, 0.3) is 5.91 Å². The molecule has 1 aromatic carbocycles. The minimum atomic E-state index is -0.0231. The van der Waals surface area contributed by atoms with Gasteiger partial charge in [-0.1, -0.05) is 18.2 Å². The van der Waals surface area contributed by atoms with Crippen LogP contribution in [0.3, 0.4) is 0 Å². The number of carbonyl (C=O) groups is 2. The van der Waals surface area contributed by atoms with E-state index in [0.717, 1.165) is 30.4 Å². The van der Waals surface area contributed by atoms with Crippen LogP contribution in [0, 0.1) is 6.92 Å². The Morgan fingerprint density at radius 2 is 1.95 bits per heavy atom. The summed E-state index contributed by atoms with van der Waals surface area (Å²) >= 11 is 5.62. The zero-order valence-electron chi connectivity index (χ0n) is 13.0. The van der Waals surface area contributed by atoms with Crippen LogP contribution in [-0.4, -0.2) is 41.7 Å². The topological polar surface area (TPSA) is 49.4 Å². The van der Waals surface area contributed by atoms with Gasteiger partial charge >= 0.3 is 0 Å². The molecule has 2 rings (SSSR count). The van der Waals surface area contributed by atoms with Gasteiger partial charge in [0.15, 0.2) is 0 Å². The third-order valence-electron chi connectivity index (χ3n) is 4.10. The average molecular weight is 323 g/mol. The summed E-state index contributed by atoms with van der Waals surface area (Å²) in [6, 6.07) is 7.73. The van der Waals surface area contributed by atoms with Gasteiger partial charge in [0, 0.05) is 37.0 Å². The van der Waals surface area contributed by atoms with Crippen molar-refractivity contribution < 1.29 is 9.59 Å². The number of aryl methyl sites for hydroxylation is 1. The molecule has 0 saturated carbocycles. The molecule has 22 heavy (non-hydrogen) atoms. The normalized spacial score (nSPS) is 15.6. The third-order valence-corrected chi connectivity index (χ3v) is 4.36. The van der Waals surface area contributed by atoms with E-state index in [0.29, 0.717) is 25.4 Å². The van der Waals surface area contributed by atoms with Gasteiger partial charge in [-0.15, -0.1) is 11.6 Å². The summed E-state index contributed by atoms with van der Waals surface area (Å²) < 4.78 is 0. The zero-order valence-corrected chi connectivity index (χ0v) is 13.7. The number of benzene rings is 1. The van der Waals surface area contributed by atoms with Crippen molar-refractivity contribution in [3.63, 3.8) is 0 Å². The van der Waals surface area contributed by atoms with E-state index in [1.807, 2.05) is 36.1 Å². The second-order valence-corrected chi connectivity index (χ2v) is 6.11. The van der Waals surface area contributed by atoms with E-state index >= 15 is 0 Å². The number of halogens is 1. The van der Waals surface area contributed by atoms with Crippen LogP contribution in [0.15, 0.2) is 24.3 Å². The number of piperidine rings is 1. The molecule has 0 bridgehead atoms. The van der Waals surface area contributed by atoms with Gasteiger partial charge in [0.1, 0.15) is 0 Å². The van der Waals surface area contributed by atoms with Crippen LogP contribution in [0.5, 0.6) is 0 Å². The number of rotatable bonds is 5. The van der Waals surface area contributed by atoms with Crippen LogP contribution < -0.4 is 5.32 Å². The Morgan fingerprint density at radius 1 is 1.27 bits per heavy atom. The largest absolute Gasteiger partial charge is 0.349 e. The lowest BCUT2D eigenvalue weighted by molar-refractivity contribution is -0.132. The standard InChI is InChI=1S/C17H23ClN2O2/c1-13-5-2-3-6-15(13)17(22)19-14-8-11-20(12-9-14)16(21)7-4-10-18/h2-3,5-6,14H,4,7-12H2,1H3,(H,19,22). The Kier molecular flexibility index (Phi) is 6.25. The molecule has 1 aromatic rings. The Hall–Kier alpha value is -1.55. The van der Waals surface area contributed by atoms with Crippen LogP contribution in [0.4, 0.5) is 0 Å². The number of hydrogen-bond acceptors (Lipinski definition) is 2. The minimum Gasteiger partial charge on any atom is -0.349 e. The fourth-order valence-electron chi connectivity index (χ4n) is 2.74. The number of hydrogen-bond donors (Lipinski definition) is 1. The lowest BCUT2D eigenvalue weighted by Crippen LogP contribution is -2.46. The molecule has 0 aromatic heterocycles. The van der Waals surface area contributed by atoms with E-state index in [1.165, 1.54) is 0 Å². The second-order valence-electron chi connectivity index (χ2n) is 5.74. The Bertz CT molecular complexity index is 525. The highest BCUT2D eigenvalue weighted by Gasteiger charge is 2.24. The van der Waals surface area contributed by atoms with Gasteiger partial charge in [0.05, 0.1) is 0 Å². The maximum atomic E-state index is 12.3. The summed E-state index contributed by atoms with van der Waals surface area (Å²) in [6.07, 6.45) is 2.86. The van der Waals surface area contributed by atoms with Crippen molar-refractivity contribution in [1.29, 1.82) is 0 Å². The molecular weight excluding hydrogens is 300 g/mol. The monoisotopic (exact) mass is 322 g/mol. The SMILES string of the molecule is Cc1ccccc1C(=O)NC1CCN(C(=O)CCCCl)CC1. The maximum absolute atomic E-state index is 12.3. The maximum Gasteiger partial charge on any atom is 0.251 e. The summed E-state index contributed by atoms with van der Waals surface area (Å²) in [5, 5.41) is 3.08. The number of nitrogens with zero attached hydrogens (tertiary/aromatic N) is 1. The molecule has 0 aliphatic carbocycles. The minimum absolute atomic E-state index is 0.0231. The number of alkyl halides is 1. The molecule has 5 heteroatoms. The average Bonchev–Trinajstić information content (AvgIpc) is 2.53. The first-order chi connectivity index (χ1) is 10.6. The first-order valence-corrected chi connectivity index (χ1v) is 8.35. The van der Waals surface area contributed by atoms with Gasteiger partial charge in [-0.25, -0.2) is 0 Å². The molecule has 0 atom stereocenters. The lowest BCUT2D eigenvalue weighted by atomic mass is 10.0. The molecule has 0 radical (unpaired) electrons. The fourth-order valence-corrected chi connectivity index (χ4v) is 2.87. The molecule has 4 nitrogen and oxygen atoms in total. The Morgan fingerprint density at radius 3 is 2.59 bits per heavy atom. The van der Waals surface area contributed by atoms with Crippen LogP contribution in [0.1, 0.15) is 41.6 Å². The summed E-state index contributed by atoms with van der Waals surface area (Å²) in [7, 11) is 0. The summed E-state index contributed by atoms with van der Waals surface area (Å²) in [6.45, 7) is 3.35. The summed E-state index contributed by atoms with van der Waals surface area (Å²) in [5.41, 5.74) is 1.71. The molecule has 0 spiro atoms. The van der Waals surface area contributed by atoms with Crippen molar-refractivity contribution in [3.05, 3.63) is 35.4 Å². The summed E-state index contributed by atoms with van der Waals surface area (Å²) in [4.78, 5) is 26.1. The number of nitrogens with one attached hydrogen (secondary N) is 1. The highest BCUT2D eigenvalue weighted by molar-refractivity contribution is 6.17. The number of likely N-dealkylation sites (tertiary alicyclic amines) is 1. The van der Waals surface area contributed by atoms with E-state index in [-0.39, 0.29) is 17.9 Å². The van der Waals surface area contributed by atoms with E-state index in [9.17, 15) is 9.59 Å². The molecule has 2 amide bonds. The molecule has 1 fully saturated rings. The second kappa shape index (κ2) is 8.18. The van der Waals surface area contributed by atoms with Gasteiger partial charge in [-0.05, 0) is 37.8 Å². The highest BCUT2D eigenvalue weighted by Crippen LogP contribution is 2.14.